The summed E-state index contributed by atoms with van der Waals surface area (Å²) in [5.41, 5.74) is 1.81. The van der Waals surface area contributed by atoms with Crippen molar-refractivity contribution >= 4 is 17.3 Å². The van der Waals surface area contributed by atoms with Crippen LogP contribution in [0, 0.1) is 22.7 Å². The summed E-state index contributed by atoms with van der Waals surface area (Å²) in [5, 5.41) is 0. The van der Waals surface area contributed by atoms with Crippen LogP contribution in [0.25, 0.3) is 0 Å². The second-order valence-electron chi connectivity index (χ2n) is 7.46. The van der Waals surface area contributed by atoms with Gasteiger partial charge in [0.1, 0.15) is 4.88 Å². The third kappa shape index (κ3) is 4.85. The van der Waals surface area contributed by atoms with Crippen LogP contribution in [0.15, 0.2) is 35.9 Å². The van der Waals surface area contributed by atoms with E-state index in [1.807, 2.05) is 12.1 Å². The lowest BCUT2D eigenvalue weighted by Gasteiger charge is -2.37. The Hall–Kier alpha value is -1.79. The number of ether oxygens (including phenoxy) is 1. The number of rotatable bonds is 3. The average Bonchev–Trinajstić information content (AvgIpc) is 2.97. The van der Waals surface area contributed by atoms with Gasteiger partial charge in [0.05, 0.1) is 11.5 Å². The number of carbonyl (C=O) groups excluding carboxylic acids is 1. The first-order chi connectivity index (χ1) is 11.2. The number of thiophene rings is 1. The molecule has 0 saturated carbocycles. The second kappa shape index (κ2) is 7.40. The highest BCUT2D eigenvalue weighted by Crippen LogP contribution is 2.44. The Balaban J connectivity index is 2.08. The van der Waals surface area contributed by atoms with Crippen LogP contribution < -0.4 is 0 Å². The smallest absolute Gasteiger partial charge is 0.348 e. The molecule has 3 heteroatoms. The highest BCUT2D eigenvalue weighted by Gasteiger charge is 2.31. The van der Waals surface area contributed by atoms with Crippen LogP contribution in [-0.2, 0) is 4.74 Å². The number of allylic oxidation sites excluding steroid dienone is 4. The predicted molar refractivity (Wildman–Crippen MR) is 101 cm³/mol. The van der Waals surface area contributed by atoms with Crippen LogP contribution in [0.5, 0.6) is 0 Å². The molecule has 0 fully saturated rings. The van der Waals surface area contributed by atoms with E-state index in [1.54, 1.807) is 13.0 Å². The molecule has 0 bridgehead atoms. The molecule has 0 N–H and O–H groups in total. The van der Waals surface area contributed by atoms with Gasteiger partial charge >= 0.3 is 5.97 Å². The fourth-order valence-electron chi connectivity index (χ4n) is 2.70. The zero-order valence-electron chi connectivity index (χ0n) is 15.2. The molecule has 0 atom stereocenters. The Morgan fingerprint density at radius 2 is 2.04 bits per heavy atom. The summed E-state index contributed by atoms with van der Waals surface area (Å²) in [5.74, 6) is 5.91. The van der Waals surface area contributed by atoms with Crippen LogP contribution in [0.3, 0.4) is 0 Å². The normalized spacial score (nSPS) is 18.6. The van der Waals surface area contributed by atoms with E-state index in [2.05, 4.69) is 51.7 Å². The predicted octanol–water partition coefficient (Wildman–Crippen LogP) is 5.61. The van der Waals surface area contributed by atoms with Crippen molar-refractivity contribution in [3.8, 4) is 11.8 Å². The van der Waals surface area contributed by atoms with Crippen molar-refractivity contribution in [2.75, 3.05) is 6.61 Å². The van der Waals surface area contributed by atoms with Crippen molar-refractivity contribution in [1.29, 1.82) is 0 Å². The van der Waals surface area contributed by atoms with Gasteiger partial charge in [-0.05, 0) is 54.4 Å². The number of esters is 1. The summed E-state index contributed by atoms with van der Waals surface area (Å²) >= 11 is 1.37. The average molecular weight is 343 g/mol. The Morgan fingerprint density at radius 3 is 2.75 bits per heavy atom. The Bertz CT molecular complexity index is 721. The van der Waals surface area contributed by atoms with Crippen LogP contribution in [-0.4, -0.2) is 12.6 Å². The third-order valence-electron chi connectivity index (χ3n) is 4.35. The lowest BCUT2D eigenvalue weighted by molar-refractivity contribution is 0.0532. The van der Waals surface area contributed by atoms with E-state index in [0.29, 0.717) is 11.5 Å². The zero-order chi connectivity index (χ0) is 17.8. The van der Waals surface area contributed by atoms with E-state index >= 15 is 0 Å². The molecule has 0 unspecified atom stereocenters. The van der Waals surface area contributed by atoms with Crippen LogP contribution in [0.4, 0.5) is 0 Å². The molecule has 1 aliphatic rings. The molecule has 0 radical (unpaired) electrons. The van der Waals surface area contributed by atoms with Crippen LogP contribution >= 0.6 is 11.3 Å². The summed E-state index contributed by atoms with van der Waals surface area (Å²) in [7, 11) is 0. The Morgan fingerprint density at radius 1 is 1.29 bits per heavy atom. The molecular formula is C21H26O2S. The quantitative estimate of drug-likeness (QED) is 0.527. The zero-order valence-corrected chi connectivity index (χ0v) is 16.0. The maximum atomic E-state index is 11.6. The third-order valence-corrected chi connectivity index (χ3v) is 5.33. The topological polar surface area (TPSA) is 26.3 Å². The fourth-order valence-corrected chi connectivity index (χ4v) is 3.46. The monoisotopic (exact) mass is 342 g/mol. The first-order valence-electron chi connectivity index (χ1n) is 8.42. The standard InChI is InChI=1S/C21H26O2S/c1-6-23-19(22)18-12-11-17(24-18)10-8-7-9-16-15-20(2,3)13-14-21(16,4)5/h7,9,11-12,15H,6,13-14H2,1-5H3. The number of carbonyl (C=O) groups is 1. The van der Waals surface area contributed by atoms with Gasteiger partial charge in [0.15, 0.2) is 0 Å². The molecule has 24 heavy (non-hydrogen) atoms. The molecule has 1 heterocycles. The van der Waals surface area contributed by atoms with Crippen molar-refractivity contribution in [3.05, 3.63) is 45.7 Å². The molecule has 2 rings (SSSR count). The summed E-state index contributed by atoms with van der Waals surface area (Å²) in [6.45, 7) is 11.3. The van der Waals surface area contributed by atoms with E-state index < -0.39 is 0 Å². The molecule has 2 nitrogen and oxygen atoms in total. The van der Waals surface area contributed by atoms with Gasteiger partial charge in [-0.3, -0.25) is 0 Å². The van der Waals surface area contributed by atoms with Crippen molar-refractivity contribution in [2.24, 2.45) is 10.8 Å². The van der Waals surface area contributed by atoms with Gasteiger partial charge in [0.25, 0.3) is 0 Å². The fraction of sp³-hybridized carbons (Fsp3) is 0.476. The minimum absolute atomic E-state index is 0.202. The van der Waals surface area contributed by atoms with Gasteiger partial charge in [0.2, 0.25) is 0 Å². The van der Waals surface area contributed by atoms with Crippen molar-refractivity contribution in [3.63, 3.8) is 0 Å². The summed E-state index contributed by atoms with van der Waals surface area (Å²) < 4.78 is 4.99. The lowest BCUT2D eigenvalue weighted by atomic mass is 9.67. The van der Waals surface area contributed by atoms with Gasteiger partial charge in [-0.2, -0.15) is 0 Å². The molecule has 1 aliphatic carbocycles. The lowest BCUT2D eigenvalue weighted by Crippen LogP contribution is -2.25. The molecule has 0 spiro atoms. The molecule has 0 aliphatic heterocycles. The number of hydrogen-bond donors (Lipinski definition) is 0. The summed E-state index contributed by atoms with van der Waals surface area (Å²) in [4.78, 5) is 13.1. The largest absolute Gasteiger partial charge is 0.462 e. The maximum Gasteiger partial charge on any atom is 0.348 e. The minimum atomic E-state index is -0.276. The SMILES string of the molecule is CCOC(=O)c1ccc(C#CC=CC2=CC(C)(C)CCC2(C)C)s1. The van der Waals surface area contributed by atoms with E-state index in [4.69, 9.17) is 4.74 Å². The van der Waals surface area contributed by atoms with E-state index in [0.717, 1.165) is 4.88 Å². The van der Waals surface area contributed by atoms with Gasteiger partial charge in [-0.25, -0.2) is 4.79 Å². The van der Waals surface area contributed by atoms with Gasteiger partial charge in [0, 0.05) is 0 Å². The van der Waals surface area contributed by atoms with Crippen molar-refractivity contribution in [1.82, 2.24) is 0 Å². The van der Waals surface area contributed by atoms with Crippen molar-refractivity contribution < 1.29 is 9.53 Å². The van der Waals surface area contributed by atoms with E-state index in [1.165, 1.54) is 29.8 Å². The van der Waals surface area contributed by atoms with Crippen LogP contribution in [0.1, 0.15) is 62.0 Å². The minimum Gasteiger partial charge on any atom is -0.462 e. The summed E-state index contributed by atoms with van der Waals surface area (Å²) in [6, 6.07) is 3.64. The maximum absolute atomic E-state index is 11.6. The molecule has 0 amide bonds. The molecule has 0 aromatic carbocycles. The molecular weight excluding hydrogens is 316 g/mol. The highest BCUT2D eigenvalue weighted by atomic mass is 32.1. The Labute approximate surface area is 149 Å². The summed E-state index contributed by atoms with van der Waals surface area (Å²) in [6.07, 6.45) is 8.83. The molecule has 0 saturated heterocycles. The molecule has 1 aromatic heterocycles. The first kappa shape index (κ1) is 18.5. The molecule has 128 valence electrons. The van der Waals surface area contributed by atoms with Crippen LogP contribution in [0.2, 0.25) is 0 Å². The Kier molecular flexibility index (Phi) is 5.72. The highest BCUT2D eigenvalue weighted by molar-refractivity contribution is 7.14. The molecule has 1 aromatic rings. The van der Waals surface area contributed by atoms with E-state index in [-0.39, 0.29) is 16.8 Å². The van der Waals surface area contributed by atoms with Gasteiger partial charge in [-0.15, -0.1) is 11.3 Å². The van der Waals surface area contributed by atoms with Crippen molar-refractivity contribution in [2.45, 2.75) is 47.5 Å². The van der Waals surface area contributed by atoms with E-state index in [9.17, 15) is 4.79 Å². The number of hydrogen-bond acceptors (Lipinski definition) is 3. The second-order valence-corrected chi connectivity index (χ2v) is 8.54. The van der Waals surface area contributed by atoms with Gasteiger partial charge < -0.3 is 4.74 Å². The first-order valence-corrected chi connectivity index (χ1v) is 9.23. The van der Waals surface area contributed by atoms with Gasteiger partial charge in [-0.1, -0.05) is 51.7 Å².